The molecule has 0 aromatic heterocycles. The van der Waals surface area contributed by atoms with E-state index in [1.165, 1.54) is 19.3 Å². The fourth-order valence-corrected chi connectivity index (χ4v) is 1.88. The number of hydrogen-bond donors (Lipinski definition) is 1. The fraction of sp³-hybridized carbons (Fsp3) is 1.00. The molecule has 1 N–H and O–H groups in total. The van der Waals surface area contributed by atoms with E-state index in [9.17, 15) is 5.11 Å². The molecule has 1 aliphatic heterocycles. The van der Waals surface area contributed by atoms with Crippen LogP contribution < -0.4 is 0 Å². The summed E-state index contributed by atoms with van der Waals surface area (Å²) in [6.07, 6.45) is 6.00. The molecule has 3 heteroatoms. The van der Waals surface area contributed by atoms with Gasteiger partial charge in [0.2, 0.25) is 0 Å². The Hall–Kier alpha value is -0.120. The highest BCUT2D eigenvalue weighted by Gasteiger charge is 2.55. The lowest BCUT2D eigenvalue weighted by Gasteiger charge is -2.08. The summed E-state index contributed by atoms with van der Waals surface area (Å²) in [6.45, 7) is 2.94. The lowest BCUT2D eigenvalue weighted by molar-refractivity contribution is 0.156. The predicted octanol–water partition coefficient (Wildman–Crippen LogP) is 1.73. The van der Waals surface area contributed by atoms with E-state index in [0.29, 0.717) is 6.61 Å². The van der Waals surface area contributed by atoms with Crippen LogP contribution in [0.3, 0.4) is 0 Å². The molecule has 0 amide bonds. The first-order valence-corrected chi connectivity index (χ1v) is 5.56. The van der Waals surface area contributed by atoms with E-state index in [1.54, 1.807) is 7.11 Å². The summed E-state index contributed by atoms with van der Waals surface area (Å²) < 4.78 is 10.5. The maximum atomic E-state index is 9.23. The number of unbranched alkanes of at least 4 members (excludes halogenated alkanes) is 3. The molecule has 0 saturated carbocycles. The number of methoxy groups -OCH3 is 1. The SMILES string of the molecule is CCCCCCC1(CO)OC1COC. The van der Waals surface area contributed by atoms with Gasteiger partial charge in [-0.05, 0) is 6.42 Å². The molecule has 3 nitrogen and oxygen atoms in total. The van der Waals surface area contributed by atoms with E-state index in [1.807, 2.05) is 0 Å². The van der Waals surface area contributed by atoms with Gasteiger partial charge in [0, 0.05) is 7.11 Å². The number of aliphatic hydroxyl groups is 1. The van der Waals surface area contributed by atoms with Gasteiger partial charge >= 0.3 is 0 Å². The van der Waals surface area contributed by atoms with Gasteiger partial charge in [0.15, 0.2) is 0 Å². The van der Waals surface area contributed by atoms with Crippen molar-refractivity contribution in [2.75, 3.05) is 20.3 Å². The Morgan fingerprint density at radius 2 is 2.14 bits per heavy atom. The fourth-order valence-electron chi connectivity index (χ4n) is 1.88. The maximum Gasteiger partial charge on any atom is 0.120 e. The van der Waals surface area contributed by atoms with Gasteiger partial charge in [-0.1, -0.05) is 32.6 Å². The third kappa shape index (κ3) is 2.94. The zero-order valence-electron chi connectivity index (χ0n) is 9.29. The van der Waals surface area contributed by atoms with Crippen molar-refractivity contribution in [1.29, 1.82) is 0 Å². The minimum Gasteiger partial charge on any atom is -0.393 e. The summed E-state index contributed by atoms with van der Waals surface area (Å²) in [5.74, 6) is 0. The average molecular weight is 202 g/mol. The molecule has 84 valence electrons. The van der Waals surface area contributed by atoms with Crippen LogP contribution in [0.4, 0.5) is 0 Å². The molecule has 2 atom stereocenters. The molecule has 0 radical (unpaired) electrons. The first kappa shape index (κ1) is 12.0. The third-order valence-corrected chi connectivity index (χ3v) is 2.95. The Morgan fingerprint density at radius 1 is 1.36 bits per heavy atom. The number of hydrogen-bond acceptors (Lipinski definition) is 3. The minimum absolute atomic E-state index is 0.124. The quantitative estimate of drug-likeness (QED) is 0.481. The van der Waals surface area contributed by atoms with Gasteiger partial charge in [-0.2, -0.15) is 0 Å². The van der Waals surface area contributed by atoms with Gasteiger partial charge in [-0.3, -0.25) is 0 Å². The van der Waals surface area contributed by atoms with E-state index in [-0.39, 0.29) is 18.3 Å². The summed E-state index contributed by atoms with van der Waals surface area (Å²) in [5.41, 5.74) is -0.260. The third-order valence-electron chi connectivity index (χ3n) is 2.95. The van der Waals surface area contributed by atoms with Gasteiger partial charge in [0.1, 0.15) is 11.7 Å². The zero-order valence-corrected chi connectivity index (χ0v) is 9.29. The average Bonchev–Trinajstić information content (AvgIpc) is 2.88. The smallest absolute Gasteiger partial charge is 0.120 e. The molecule has 2 unspecified atom stereocenters. The largest absolute Gasteiger partial charge is 0.393 e. The molecule has 1 heterocycles. The maximum absolute atomic E-state index is 9.23. The lowest BCUT2D eigenvalue weighted by atomic mass is 9.98. The molecule has 0 spiro atoms. The highest BCUT2D eigenvalue weighted by atomic mass is 16.6. The van der Waals surface area contributed by atoms with Crippen molar-refractivity contribution < 1.29 is 14.6 Å². The molecule has 0 aromatic rings. The molecule has 14 heavy (non-hydrogen) atoms. The second-order valence-corrected chi connectivity index (χ2v) is 4.10. The van der Waals surface area contributed by atoms with E-state index in [2.05, 4.69) is 6.92 Å². The summed E-state index contributed by atoms with van der Waals surface area (Å²) in [5, 5.41) is 9.23. The molecule has 0 aromatic carbocycles. The van der Waals surface area contributed by atoms with Crippen molar-refractivity contribution in [3.8, 4) is 0 Å². The molecular weight excluding hydrogens is 180 g/mol. The van der Waals surface area contributed by atoms with Crippen LogP contribution in [0, 0.1) is 0 Å². The summed E-state index contributed by atoms with van der Waals surface area (Å²) in [6, 6.07) is 0. The zero-order chi connectivity index (χ0) is 10.4. The standard InChI is InChI=1S/C11H22O3/c1-3-4-5-6-7-11(9-12)10(14-11)8-13-2/h10,12H,3-9H2,1-2H3. The van der Waals surface area contributed by atoms with Crippen LogP contribution >= 0.6 is 0 Å². The first-order valence-electron chi connectivity index (χ1n) is 5.56. The predicted molar refractivity (Wildman–Crippen MR) is 55.3 cm³/mol. The van der Waals surface area contributed by atoms with Crippen LogP contribution in [0.25, 0.3) is 0 Å². The van der Waals surface area contributed by atoms with Gasteiger partial charge in [0.25, 0.3) is 0 Å². The van der Waals surface area contributed by atoms with E-state index in [4.69, 9.17) is 9.47 Å². The van der Waals surface area contributed by atoms with Gasteiger partial charge in [-0.15, -0.1) is 0 Å². The van der Waals surface area contributed by atoms with Crippen LogP contribution in [0.2, 0.25) is 0 Å². The molecule has 1 aliphatic rings. The van der Waals surface area contributed by atoms with Crippen molar-refractivity contribution in [3.63, 3.8) is 0 Å². The Morgan fingerprint density at radius 3 is 2.71 bits per heavy atom. The van der Waals surface area contributed by atoms with Crippen LogP contribution in [0.5, 0.6) is 0 Å². The lowest BCUT2D eigenvalue weighted by Crippen LogP contribution is -2.22. The Balaban J connectivity index is 2.14. The van der Waals surface area contributed by atoms with Crippen LogP contribution in [-0.4, -0.2) is 37.1 Å². The number of epoxide rings is 1. The Labute approximate surface area is 86.4 Å². The molecule has 1 rings (SSSR count). The van der Waals surface area contributed by atoms with Gasteiger partial charge < -0.3 is 14.6 Å². The second-order valence-electron chi connectivity index (χ2n) is 4.10. The highest BCUT2D eigenvalue weighted by Crippen LogP contribution is 2.40. The van der Waals surface area contributed by atoms with Crippen molar-refractivity contribution in [2.45, 2.75) is 50.7 Å². The van der Waals surface area contributed by atoms with Crippen molar-refractivity contribution in [3.05, 3.63) is 0 Å². The van der Waals surface area contributed by atoms with Crippen molar-refractivity contribution in [2.24, 2.45) is 0 Å². The monoisotopic (exact) mass is 202 g/mol. The van der Waals surface area contributed by atoms with Crippen molar-refractivity contribution >= 4 is 0 Å². The number of aliphatic hydroxyl groups excluding tert-OH is 1. The van der Waals surface area contributed by atoms with E-state index >= 15 is 0 Å². The topological polar surface area (TPSA) is 42.0 Å². The van der Waals surface area contributed by atoms with E-state index < -0.39 is 0 Å². The van der Waals surface area contributed by atoms with Crippen LogP contribution in [-0.2, 0) is 9.47 Å². The highest BCUT2D eigenvalue weighted by molar-refractivity contribution is 5.02. The molecule has 1 saturated heterocycles. The number of rotatable bonds is 8. The minimum atomic E-state index is -0.260. The van der Waals surface area contributed by atoms with Crippen molar-refractivity contribution in [1.82, 2.24) is 0 Å². The first-order chi connectivity index (χ1) is 6.79. The Bertz CT molecular complexity index is 161. The van der Waals surface area contributed by atoms with Gasteiger partial charge in [0.05, 0.1) is 13.2 Å². The summed E-state index contributed by atoms with van der Waals surface area (Å²) >= 11 is 0. The molecule has 1 fully saturated rings. The molecular formula is C11H22O3. The summed E-state index contributed by atoms with van der Waals surface area (Å²) in [7, 11) is 1.67. The Kier molecular flexibility index (Phi) is 4.85. The van der Waals surface area contributed by atoms with E-state index in [0.717, 1.165) is 12.8 Å². The molecule has 0 bridgehead atoms. The second kappa shape index (κ2) is 5.69. The summed E-state index contributed by atoms with van der Waals surface area (Å²) in [4.78, 5) is 0. The molecule has 0 aliphatic carbocycles. The van der Waals surface area contributed by atoms with Crippen LogP contribution in [0.15, 0.2) is 0 Å². The van der Waals surface area contributed by atoms with Gasteiger partial charge in [-0.25, -0.2) is 0 Å². The number of ether oxygens (including phenoxy) is 2. The normalized spacial score (nSPS) is 30.6. The van der Waals surface area contributed by atoms with Crippen LogP contribution in [0.1, 0.15) is 39.0 Å².